The molecule has 5 heteroatoms. The van der Waals surface area contributed by atoms with Gasteiger partial charge >= 0.3 is 0 Å². The van der Waals surface area contributed by atoms with Gasteiger partial charge in [0.05, 0.1) is 0 Å². The minimum absolute atomic E-state index is 0.0470. The quantitative estimate of drug-likeness (QED) is 0.835. The Labute approximate surface area is 85.7 Å². The number of aromatic nitrogens is 2. The van der Waals surface area contributed by atoms with E-state index in [4.69, 9.17) is 10.3 Å². The van der Waals surface area contributed by atoms with Crippen LogP contribution in [0.3, 0.4) is 0 Å². The zero-order chi connectivity index (χ0) is 9.97. The minimum atomic E-state index is 0.0470. The van der Waals surface area contributed by atoms with Crippen molar-refractivity contribution in [1.82, 2.24) is 10.1 Å². The van der Waals surface area contributed by atoms with Crippen molar-refractivity contribution < 1.29 is 4.52 Å². The Morgan fingerprint density at radius 2 is 2.50 bits per heavy atom. The van der Waals surface area contributed by atoms with Crippen molar-refractivity contribution in [2.45, 2.75) is 19.4 Å². The van der Waals surface area contributed by atoms with Crippen LogP contribution in [0.25, 0.3) is 11.4 Å². The van der Waals surface area contributed by atoms with Crippen LogP contribution in [-0.4, -0.2) is 16.2 Å². The molecule has 14 heavy (non-hydrogen) atoms. The number of thiophene rings is 1. The zero-order valence-corrected chi connectivity index (χ0v) is 8.62. The monoisotopic (exact) mass is 209 g/mol. The highest BCUT2D eigenvalue weighted by Gasteiger charge is 2.09. The molecule has 1 atom stereocenters. The van der Waals surface area contributed by atoms with E-state index in [9.17, 15) is 0 Å². The fraction of sp³-hybridized carbons (Fsp3) is 0.333. The summed E-state index contributed by atoms with van der Waals surface area (Å²) in [6.07, 6.45) is 0.622. The predicted molar refractivity (Wildman–Crippen MR) is 55.0 cm³/mol. The summed E-state index contributed by atoms with van der Waals surface area (Å²) >= 11 is 1.61. The molecule has 0 amide bonds. The average Bonchev–Trinajstić information content (AvgIpc) is 2.69. The van der Waals surface area contributed by atoms with Crippen LogP contribution in [0, 0.1) is 0 Å². The molecule has 1 unspecified atom stereocenters. The maximum Gasteiger partial charge on any atom is 0.228 e. The first-order chi connectivity index (χ1) is 6.75. The number of hydrogen-bond acceptors (Lipinski definition) is 5. The van der Waals surface area contributed by atoms with Crippen LogP contribution in [0.5, 0.6) is 0 Å². The first-order valence-electron chi connectivity index (χ1n) is 4.36. The highest BCUT2D eigenvalue weighted by Crippen LogP contribution is 2.18. The summed E-state index contributed by atoms with van der Waals surface area (Å²) in [5.41, 5.74) is 6.62. The molecular formula is C9H11N3OS. The van der Waals surface area contributed by atoms with E-state index in [-0.39, 0.29) is 6.04 Å². The number of nitrogens with zero attached hydrogens (tertiary/aromatic N) is 2. The van der Waals surface area contributed by atoms with Crippen LogP contribution in [0.4, 0.5) is 0 Å². The Balaban J connectivity index is 2.18. The molecule has 0 spiro atoms. The summed E-state index contributed by atoms with van der Waals surface area (Å²) in [5.74, 6) is 1.24. The lowest BCUT2D eigenvalue weighted by molar-refractivity contribution is 0.372. The smallest absolute Gasteiger partial charge is 0.228 e. The summed E-state index contributed by atoms with van der Waals surface area (Å²) in [4.78, 5) is 4.24. The zero-order valence-electron chi connectivity index (χ0n) is 7.80. The van der Waals surface area contributed by atoms with Gasteiger partial charge in [0, 0.05) is 23.4 Å². The predicted octanol–water partition coefficient (Wildman–Crippen LogP) is 1.69. The fourth-order valence-corrected chi connectivity index (χ4v) is 1.76. The van der Waals surface area contributed by atoms with Gasteiger partial charge < -0.3 is 10.3 Å². The van der Waals surface area contributed by atoms with Crippen molar-refractivity contribution in [3.05, 3.63) is 22.7 Å². The van der Waals surface area contributed by atoms with Crippen LogP contribution in [0.2, 0.25) is 0 Å². The summed E-state index contributed by atoms with van der Waals surface area (Å²) in [6, 6.07) is 2.01. The molecule has 2 rings (SSSR count). The Morgan fingerprint density at radius 1 is 1.64 bits per heavy atom. The van der Waals surface area contributed by atoms with E-state index in [1.807, 2.05) is 23.8 Å². The maximum atomic E-state index is 5.63. The molecule has 0 aromatic carbocycles. The molecule has 0 aliphatic heterocycles. The van der Waals surface area contributed by atoms with Crippen molar-refractivity contribution in [3.63, 3.8) is 0 Å². The van der Waals surface area contributed by atoms with E-state index in [1.54, 1.807) is 11.3 Å². The van der Waals surface area contributed by atoms with Gasteiger partial charge in [0.25, 0.3) is 0 Å². The second kappa shape index (κ2) is 3.89. The Kier molecular flexibility index (Phi) is 2.60. The second-order valence-corrected chi connectivity index (χ2v) is 3.99. The van der Waals surface area contributed by atoms with E-state index in [1.165, 1.54) is 0 Å². The van der Waals surface area contributed by atoms with Crippen molar-refractivity contribution in [1.29, 1.82) is 0 Å². The van der Waals surface area contributed by atoms with Crippen molar-refractivity contribution >= 4 is 11.3 Å². The van der Waals surface area contributed by atoms with Crippen LogP contribution in [0.15, 0.2) is 21.3 Å². The van der Waals surface area contributed by atoms with Gasteiger partial charge in [-0.3, -0.25) is 0 Å². The molecule has 2 N–H and O–H groups in total. The molecule has 0 bridgehead atoms. The van der Waals surface area contributed by atoms with E-state index < -0.39 is 0 Å². The Bertz CT molecular complexity index is 394. The molecule has 2 heterocycles. The first kappa shape index (κ1) is 9.36. The summed E-state index contributed by atoms with van der Waals surface area (Å²) < 4.78 is 5.06. The second-order valence-electron chi connectivity index (χ2n) is 3.21. The van der Waals surface area contributed by atoms with Gasteiger partial charge in [0.2, 0.25) is 11.7 Å². The maximum absolute atomic E-state index is 5.63. The molecule has 0 aliphatic rings. The average molecular weight is 209 g/mol. The lowest BCUT2D eigenvalue weighted by atomic mass is 10.2. The van der Waals surface area contributed by atoms with Gasteiger partial charge in [-0.1, -0.05) is 5.16 Å². The fourth-order valence-electron chi connectivity index (χ4n) is 1.12. The number of rotatable bonds is 3. The van der Waals surface area contributed by atoms with E-state index >= 15 is 0 Å². The van der Waals surface area contributed by atoms with Crippen molar-refractivity contribution in [3.8, 4) is 11.4 Å². The topological polar surface area (TPSA) is 64.9 Å². The SMILES string of the molecule is CC(N)Cc1nc(-c2ccsc2)no1. The first-order valence-corrected chi connectivity index (χ1v) is 5.30. The van der Waals surface area contributed by atoms with E-state index in [0.717, 1.165) is 5.56 Å². The number of nitrogens with two attached hydrogens (primary N) is 1. The van der Waals surface area contributed by atoms with E-state index in [0.29, 0.717) is 18.1 Å². The summed E-state index contributed by atoms with van der Waals surface area (Å²) in [7, 11) is 0. The van der Waals surface area contributed by atoms with Crippen LogP contribution in [-0.2, 0) is 6.42 Å². The Morgan fingerprint density at radius 3 is 3.14 bits per heavy atom. The van der Waals surface area contributed by atoms with E-state index in [2.05, 4.69) is 10.1 Å². The third kappa shape index (κ3) is 2.00. The summed E-state index contributed by atoms with van der Waals surface area (Å²) in [5, 5.41) is 7.85. The van der Waals surface area contributed by atoms with Gasteiger partial charge in [-0.2, -0.15) is 16.3 Å². The standard InChI is InChI=1S/C9H11N3OS/c1-6(10)4-8-11-9(12-13-8)7-2-3-14-5-7/h2-3,5-6H,4,10H2,1H3. The molecule has 4 nitrogen and oxygen atoms in total. The van der Waals surface area contributed by atoms with Crippen molar-refractivity contribution in [2.24, 2.45) is 5.73 Å². The highest BCUT2D eigenvalue weighted by atomic mass is 32.1. The van der Waals surface area contributed by atoms with Gasteiger partial charge in [-0.25, -0.2) is 0 Å². The third-order valence-electron chi connectivity index (χ3n) is 1.74. The number of hydrogen-bond donors (Lipinski definition) is 1. The van der Waals surface area contributed by atoms with Gasteiger partial charge in [0.15, 0.2) is 0 Å². The van der Waals surface area contributed by atoms with Crippen LogP contribution < -0.4 is 5.73 Å². The molecule has 0 saturated carbocycles. The lowest BCUT2D eigenvalue weighted by Gasteiger charge is -1.96. The molecule has 2 aromatic rings. The molecule has 0 radical (unpaired) electrons. The lowest BCUT2D eigenvalue weighted by Crippen LogP contribution is -2.17. The normalized spacial score (nSPS) is 13.0. The molecule has 74 valence electrons. The van der Waals surface area contributed by atoms with Crippen LogP contribution in [0.1, 0.15) is 12.8 Å². The molecule has 0 saturated heterocycles. The highest BCUT2D eigenvalue weighted by molar-refractivity contribution is 7.08. The largest absolute Gasteiger partial charge is 0.339 e. The summed E-state index contributed by atoms with van der Waals surface area (Å²) in [6.45, 7) is 1.91. The molecular weight excluding hydrogens is 198 g/mol. The van der Waals surface area contributed by atoms with Gasteiger partial charge in [-0.15, -0.1) is 0 Å². The molecule has 0 aliphatic carbocycles. The third-order valence-corrected chi connectivity index (χ3v) is 2.43. The van der Waals surface area contributed by atoms with Crippen LogP contribution >= 0.6 is 11.3 Å². The van der Waals surface area contributed by atoms with Crippen molar-refractivity contribution in [2.75, 3.05) is 0 Å². The molecule has 2 aromatic heterocycles. The van der Waals surface area contributed by atoms with Gasteiger partial charge in [-0.05, 0) is 18.4 Å². The Hall–Kier alpha value is -1.20. The van der Waals surface area contributed by atoms with Gasteiger partial charge in [0.1, 0.15) is 0 Å². The minimum Gasteiger partial charge on any atom is -0.339 e. The molecule has 0 fully saturated rings.